The van der Waals surface area contributed by atoms with E-state index in [1.165, 1.54) is 33.3 Å². The van der Waals surface area contributed by atoms with E-state index in [1.54, 1.807) is 0 Å². The van der Waals surface area contributed by atoms with E-state index in [2.05, 4.69) is 4.72 Å². The minimum Gasteiger partial charge on any atom is -0.495 e. The molecule has 112 valence electrons. The van der Waals surface area contributed by atoms with Gasteiger partial charge in [0.2, 0.25) is 10.0 Å². The van der Waals surface area contributed by atoms with Crippen LogP contribution >= 0.6 is 23.8 Å². The minimum absolute atomic E-state index is 0.129. The molecule has 0 saturated heterocycles. The molecule has 0 aliphatic carbocycles. The number of halogens is 1. The Morgan fingerprint density at radius 3 is 2.35 bits per heavy atom. The number of anilines is 1. The molecule has 0 heterocycles. The normalized spacial score (nSPS) is 12.6. The highest BCUT2D eigenvalue weighted by molar-refractivity contribution is 7.95. The van der Waals surface area contributed by atoms with Gasteiger partial charge in [-0.15, -0.1) is 0 Å². The Bertz CT molecular complexity index is 619. The zero-order chi connectivity index (χ0) is 15.5. The summed E-state index contributed by atoms with van der Waals surface area (Å²) >= 11 is 10.7. The average Bonchev–Trinajstić information content (AvgIpc) is 2.37. The van der Waals surface area contributed by atoms with Crippen molar-refractivity contribution < 1.29 is 17.9 Å². The van der Waals surface area contributed by atoms with Crippen LogP contribution in [-0.2, 0) is 10.0 Å². The molecule has 0 spiro atoms. The van der Waals surface area contributed by atoms with E-state index >= 15 is 0 Å². The molecular formula is C11H15ClN2O4S2. The molecule has 1 unspecified atom stereocenters. The molecule has 1 rings (SSSR count). The molecule has 0 saturated carbocycles. The van der Waals surface area contributed by atoms with Gasteiger partial charge in [-0.05, 0) is 13.0 Å². The van der Waals surface area contributed by atoms with E-state index in [4.69, 9.17) is 39.0 Å². The molecule has 1 aromatic carbocycles. The first-order valence-corrected chi connectivity index (χ1v) is 7.78. The van der Waals surface area contributed by atoms with Crippen LogP contribution in [0, 0.1) is 0 Å². The van der Waals surface area contributed by atoms with Gasteiger partial charge in [-0.3, -0.25) is 4.72 Å². The lowest BCUT2D eigenvalue weighted by molar-refractivity contribution is 0.396. The molecule has 6 nitrogen and oxygen atoms in total. The molecule has 0 amide bonds. The largest absolute Gasteiger partial charge is 0.495 e. The summed E-state index contributed by atoms with van der Waals surface area (Å²) in [6.45, 7) is 1.39. The van der Waals surface area contributed by atoms with Crippen molar-refractivity contribution in [2.24, 2.45) is 5.73 Å². The van der Waals surface area contributed by atoms with Crippen molar-refractivity contribution in [1.29, 1.82) is 0 Å². The number of methoxy groups -OCH3 is 2. The predicted octanol–water partition coefficient (Wildman–Crippen LogP) is 1.77. The number of hydrogen-bond acceptors (Lipinski definition) is 5. The van der Waals surface area contributed by atoms with Gasteiger partial charge >= 0.3 is 0 Å². The zero-order valence-electron chi connectivity index (χ0n) is 11.1. The summed E-state index contributed by atoms with van der Waals surface area (Å²) in [4.78, 5) is -0.129. The first-order valence-electron chi connectivity index (χ1n) is 5.45. The summed E-state index contributed by atoms with van der Waals surface area (Å²) in [5.41, 5.74) is 5.54. The Labute approximate surface area is 128 Å². The fourth-order valence-electron chi connectivity index (χ4n) is 1.33. The molecule has 0 aliphatic rings. The number of sulfonamides is 1. The number of rotatable bonds is 6. The van der Waals surface area contributed by atoms with Gasteiger partial charge in [0.1, 0.15) is 16.7 Å². The lowest BCUT2D eigenvalue weighted by Gasteiger charge is -2.17. The molecule has 20 heavy (non-hydrogen) atoms. The van der Waals surface area contributed by atoms with Crippen LogP contribution in [-0.4, -0.2) is 32.9 Å². The van der Waals surface area contributed by atoms with Crippen LogP contribution in [0.4, 0.5) is 5.69 Å². The summed E-state index contributed by atoms with van der Waals surface area (Å²) in [5, 5.41) is -0.780. The molecule has 3 N–H and O–H groups in total. The molecule has 0 radical (unpaired) electrons. The molecular weight excluding hydrogens is 324 g/mol. The second kappa shape index (κ2) is 6.47. The number of thiocarbonyl (C=S) groups is 1. The van der Waals surface area contributed by atoms with Gasteiger partial charge in [0.05, 0.1) is 29.9 Å². The van der Waals surface area contributed by atoms with E-state index in [0.717, 1.165) is 0 Å². The second-order valence-corrected chi connectivity index (χ2v) is 6.76. The second-order valence-electron chi connectivity index (χ2n) is 3.88. The van der Waals surface area contributed by atoms with Crippen LogP contribution in [0.5, 0.6) is 11.5 Å². The van der Waals surface area contributed by atoms with Crippen LogP contribution < -0.4 is 19.9 Å². The first-order chi connectivity index (χ1) is 9.22. The first kappa shape index (κ1) is 16.8. The minimum atomic E-state index is -3.78. The number of nitrogens with one attached hydrogen (secondary N) is 1. The summed E-state index contributed by atoms with van der Waals surface area (Å²) < 4.78 is 36.6. The highest BCUT2D eigenvalue weighted by atomic mass is 35.5. The lowest BCUT2D eigenvalue weighted by Crippen LogP contribution is -2.35. The van der Waals surface area contributed by atoms with Gasteiger partial charge in [-0.25, -0.2) is 8.42 Å². The average molecular weight is 339 g/mol. The SMILES string of the molecule is COc1cc(OC)c(NS(=O)(=O)C(C)C(N)=S)cc1Cl. The molecule has 0 bridgehead atoms. The molecule has 0 aliphatic heterocycles. The highest BCUT2D eigenvalue weighted by Crippen LogP contribution is 2.36. The molecule has 0 fully saturated rings. The van der Waals surface area contributed by atoms with E-state index in [-0.39, 0.29) is 21.4 Å². The predicted molar refractivity (Wildman–Crippen MR) is 83.3 cm³/mol. The van der Waals surface area contributed by atoms with Gasteiger partial charge in [-0.1, -0.05) is 23.8 Å². The van der Waals surface area contributed by atoms with Crippen molar-refractivity contribution in [3.63, 3.8) is 0 Å². The highest BCUT2D eigenvalue weighted by Gasteiger charge is 2.25. The quantitative estimate of drug-likeness (QED) is 0.768. The van der Waals surface area contributed by atoms with Gasteiger partial charge in [0.15, 0.2) is 0 Å². The smallest absolute Gasteiger partial charge is 0.242 e. The van der Waals surface area contributed by atoms with Gasteiger partial charge in [0.25, 0.3) is 0 Å². The number of nitrogens with two attached hydrogens (primary N) is 1. The van der Waals surface area contributed by atoms with Crippen molar-refractivity contribution in [2.75, 3.05) is 18.9 Å². The van der Waals surface area contributed by atoms with Gasteiger partial charge in [0, 0.05) is 6.07 Å². The van der Waals surface area contributed by atoms with E-state index in [0.29, 0.717) is 5.75 Å². The van der Waals surface area contributed by atoms with Gasteiger partial charge < -0.3 is 15.2 Å². The Morgan fingerprint density at radius 2 is 1.90 bits per heavy atom. The van der Waals surface area contributed by atoms with Crippen molar-refractivity contribution in [3.05, 3.63) is 17.2 Å². The summed E-state index contributed by atoms with van der Waals surface area (Å²) in [5.74, 6) is 0.638. The van der Waals surface area contributed by atoms with Crippen LogP contribution in [0.1, 0.15) is 6.92 Å². The number of hydrogen-bond donors (Lipinski definition) is 2. The maximum atomic E-state index is 12.1. The summed E-state index contributed by atoms with van der Waals surface area (Å²) in [6, 6.07) is 2.87. The summed E-state index contributed by atoms with van der Waals surface area (Å²) in [6.07, 6.45) is 0. The maximum absolute atomic E-state index is 12.1. The third-order valence-electron chi connectivity index (χ3n) is 2.59. The van der Waals surface area contributed by atoms with Crippen LogP contribution in [0.25, 0.3) is 0 Å². The van der Waals surface area contributed by atoms with Crippen molar-refractivity contribution in [2.45, 2.75) is 12.2 Å². The summed E-state index contributed by atoms with van der Waals surface area (Å²) in [7, 11) is -0.933. The number of ether oxygens (including phenoxy) is 2. The molecule has 9 heteroatoms. The molecule has 0 aromatic heterocycles. The van der Waals surface area contributed by atoms with E-state index in [1.807, 2.05) is 0 Å². The van der Waals surface area contributed by atoms with E-state index in [9.17, 15) is 8.42 Å². The van der Waals surface area contributed by atoms with E-state index < -0.39 is 15.3 Å². The third-order valence-corrected chi connectivity index (χ3v) is 5.08. The number of benzene rings is 1. The standard InChI is InChI=1S/C11H15ClN2O4S2/c1-6(11(13)19)20(15,16)14-8-4-7(12)9(17-2)5-10(8)18-3/h4-6,14H,1-3H3,(H2,13,19). The fourth-order valence-corrected chi connectivity index (χ4v) is 2.90. The topological polar surface area (TPSA) is 90.6 Å². The van der Waals surface area contributed by atoms with Crippen molar-refractivity contribution in [1.82, 2.24) is 0 Å². The van der Waals surface area contributed by atoms with Crippen molar-refractivity contribution >= 4 is 44.5 Å². The molecule has 1 aromatic rings. The maximum Gasteiger partial charge on any atom is 0.242 e. The van der Waals surface area contributed by atoms with Crippen LogP contribution in [0.3, 0.4) is 0 Å². The van der Waals surface area contributed by atoms with Crippen LogP contribution in [0.15, 0.2) is 12.1 Å². The van der Waals surface area contributed by atoms with Gasteiger partial charge in [-0.2, -0.15) is 0 Å². The van der Waals surface area contributed by atoms with Crippen molar-refractivity contribution in [3.8, 4) is 11.5 Å². The zero-order valence-corrected chi connectivity index (χ0v) is 13.5. The Kier molecular flexibility index (Phi) is 5.43. The fraction of sp³-hybridized carbons (Fsp3) is 0.364. The molecule has 1 atom stereocenters. The third kappa shape index (κ3) is 3.65. The monoisotopic (exact) mass is 338 g/mol. The Hall–Kier alpha value is -1.25. The van der Waals surface area contributed by atoms with Crippen LogP contribution in [0.2, 0.25) is 5.02 Å². The lowest BCUT2D eigenvalue weighted by atomic mass is 10.3. The Balaban J connectivity index is 3.21. The Morgan fingerprint density at radius 1 is 1.35 bits per heavy atom.